The van der Waals surface area contributed by atoms with Crippen molar-refractivity contribution in [1.82, 2.24) is 15.2 Å². The van der Waals surface area contributed by atoms with Gasteiger partial charge in [-0.2, -0.15) is 0 Å². The molecule has 0 aliphatic carbocycles. The Bertz CT molecular complexity index is 817. The maximum atomic E-state index is 12.4. The second kappa shape index (κ2) is 7.02. The molecule has 0 unspecified atom stereocenters. The van der Waals surface area contributed by atoms with E-state index in [-0.39, 0.29) is 11.8 Å². The summed E-state index contributed by atoms with van der Waals surface area (Å²) in [5.41, 5.74) is 0.698. The molecule has 1 amide bonds. The number of anilines is 2. The smallest absolute Gasteiger partial charge is 0.231 e. The average molecular weight is 355 g/mol. The molecule has 0 aromatic carbocycles. The summed E-state index contributed by atoms with van der Waals surface area (Å²) in [6.45, 7) is 1.50. The van der Waals surface area contributed by atoms with E-state index < -0.39 is 0 Å². The van der Waals surface area contributed by atoms with Gasteiger partial charge in [0.1, 0.15) is 5.69 Å². The second-order valence-electron chi connectivity index (χ2n) is 5.87. The highest BCUT2D eigenvalue weighted by Gasteiger charge is 2.27. The Labute approximate surface area is 148 Å². The fourth-order valence-corrected chi connectivity index (χ4v) is 3.47. The lowest BCUT2D eigenvalue weighted by Crippen LogP contribution is -2.41. The number of hydrogen-bond donors (Lipinski definition) is 1. The summed E-state index contributed by atoms with van der Waals surface area (Å²) in [5, 5.41) is 13.9. The monoisotopic (exact) mass is 355 g/mol. The third-order valence-corrected chi connectivity index (χ3v) is 4.89. The number of nitrogens with one attached hydrogen (secondary N) is 1. The molecule has 4 rings (SSSR count). The molecular weight excluding hydrogens is 338 g/mol. The van der Waals surface area contributed by atoms with Gasteiger partial charge in [-0.3, -0.25) is 4.79 Å². The Hall–Kier alpha value is -2.74. The van der Waals surface area contributed by atoms with E-state index in [4.69, 9.17) is 4.42 Å². The lowest BCUT2D eigenvalue weighted by molar-refractivity contribution is -0.120. The van der Waals surface area contributed by atoms with Crippen LogP contribution in [0, 0.1) is 5.92 Å². The van der Waals surface area contributed by atoms with Crippen molar-refractivity contribution in [3.8, 4) is 11.5 Å². The van der Waals surface area contributed by atoms with Gasteiger partial charge in [0.2, 0.25) is 5.91 Å². The van der Waals surface area contributed by atoms with Gasteiger partial charge in [-0.05, 0) is 37.1 Å². The molecule has 128 valence electrons. The van der Waals surface area contributed by atoms with Gasteiger partial charge in [0.15, 0.2) is 16.7 Å². The number of aromatic nitrogens is 3. The van der Waals surface area contributed by atoms with Gasteiger partial charge in [-0.15, -0.1) is 21.5 Å². The van der Waals surface area contributed by atoms with Crippen LogP contribution in [0.25, 0.3) is 11.5 Å². The highest BCUT2D eigenvalue weighted by molar-refractivity contribution is 7.13. The molecule has 0 radical (unpaired) electrons. The largest absolute Gasteiger partial charge is 0.463 e. The Morgan fingerprint density at radius 1 is 1.32 bits per heavy atom. The number of nitrogens with zero attached hydrogens (tertiary/aromatic N) is 4. The molecule has 1 aliphatic heterocycles. The first-order valence-electron chi connectivity index (χ1n) is 8.12. The molecule has 1 saturated heterocycles. The van der Waals surface area contributed by atoms with E-state index >= 15 is 0 Å². The first-order valence-corrected chi connectivity index (χ1v) is 9.00. The molecule has 1 N–H and O–H groups in total. The van der Waals surface area contributed by atoms with E-state index in [1.54, 1.807) is 12.5 Å². The predicted molar refractivity (Wildman–Crippen MR) is 95.4 cm³/mol. The zero-order chi connectivity index (χ0) is 17.1. The molecule has 4 heterocycles. The topological polar surface area (TPSA) is 84.2 Å². The molecule has 1 atom stereocenters. The van der Waals surface area contributed by atoms with Crippen LogP contribution < -0.4 is 10.2 Å². The Morgan fingerprint density at radius 2 is 2.28 bits per heavy atom. The van der Waals surface area contributed by atoms with Crippen molar-refractivity contribution in [3.63, 3.8) is 0 Å². The number of amides is 1. The maximum absolute atomic E-state index is 12.4. The molecule has 1 fully saturated rings. The van der Waals surface area contributed by atoms with E-state index in [1.807, 2.05) is 29.6 Å². The Morgan fingerprint density at radius 3 is 3.00 bits per heavy atom. The number of carbonyl (C=O) groups excluding carboxylic acids is 1. The average Bonchev–Trinajstić information content (AvgIpc) is 3.36. The minimum Gasteiger partial charge on any atom is -0.463 e. The van der Waals surface area contributed by atoms with Crippen LogP contribution in [0.2, 0.25) is 0 Å². The maximum Gasteiger partial charge on any atom is 0.231 e. The van der Waals surface area contributed by atoms with Crippen molar-refractivity contribution in [3.05, 3.63) is 42.1 Å². The zero-order valence-corrected chi connectivity index (χ0v) is 14.3. The van der Waals surface area contributed by atoms with Gasteiger partial charge in [0.05, 0.1) is 12.2 Å². The summed E-state index contributed by atoms with van der Waals surface area (Å²) in [7, 11) is 0. The van der Waals surface area contributed by atoms with Crippen molar-refractivity contribution in [2.75, 3.05) is 23.3 Å². The fourth-order valence-electron chi connectivity index (χ4n) is 2.94. The van der Waals surface area contributed by atoms with Crippen LogP contribution in [0.15, 0.2) is 46.5 Å². The molecule has 25 heavy (non-hydrogen) atoms. The summed E-state index contributed by atoms with van der Waals surface area (Å²) in [6.07, 6.45) is 5.11. The standard InChI is InChI=1S/C17H17N5O2S/c23-16(19-17-18-7-10-25-17)12-3-1-8-22(11-12)15-6-5-13(20-21-15)14-4-2-9-24-14/h2,4-7,9-10,12H,1,3,8,11H2,(H,18,19,23)/t12-/m1/s1. The highest BCUT2D eigenvalue weighted by atomic mass is 32.1. The molecule has 0 spiro atoms. The second-order valence-corrected chi connectivity index (χ2v) is 6.76. The number of hydrogen-bond acceptors (Lipinski definition) is 7. The molecule has 0 bridgehead atoms. The van der Waals surface area contributed by atoms with Gasteiger partial charge in [0, 0.05) is 24.7 Å². The number of furan rings is 1. The lowest BCUT2D eigenvalue weighted by Gasteiger charge is -2.32. The summed E-state index contributed by atoms with van der Waals surface area (Å²) < 4.78 is 5.33. The van der Waals surface area contributed by atoms with E-state index in [2.05, 4.69) is 25.4 Å². The van der Waals surface area contributed by atoms with E-state index in [1.165, 1.54) is 11.3 Å². The van der Waals surface area contributed by atoms with Gasteiger partial charge in [-0.25, -0.2) is 4.98 Å². The van der Waals surface area contributed by atoms with Crippen LogP contribution >= 0.6 is 11.3 Å². The first kappa shape index (κ1) is 15.8. The van der Waals surface area contributed by atoms with Crippen molar-refractivity contribution in [1.29, 1.82) is 0 Å². The summed E-state index contributed by atoms with van der Waals surface area (Å²) in [4.78, 5) is 18.6. The molecule has 8 heteroatoms. The molecule has 3 aromatic heterocycles. The Kier molecular flexibility index (Phi) is 4.43. The number of rotatable bonds is 4. The summed E-state index contributed by atoms with van der Waals surface area (Å²) >= 11 is 1.42. The van der Waals surface area contributed by atoms with Crippen LogP contribution in [0.4, 0.5) is 10.9 Å². The van der Waals surface area contributed by atoms with Crippen molar-refractivity contribution >= 4 is 28.2 Å². The lowest BCUT2D eigenvalue weighted by atomic mass is 9.97. The van der Waals surface area contributed by atoms with E-state index in [0.717, 1.165) is 25.2 Å². The predicted octanol–water partition coefficient (Wildman–Crippen LogP) is 3.05. The number of carbonyl (C=O) groups is 1. The van der Waals surface area contributed by atoms with Crippen LogP contribution in [0.1, 0.15) is 12.8 Å². The molecular formula is C17H17N5O2S. The molecule has 0 saturated carbocycles. The van der Waals surface area contributed by atoms with Crippen LogP contribution in [-0.4, -0.2) is 34.2 Å². The van der Waals surface area contributed by atoms with Crippen molar-refractivity contribution < 1.29 is 9.21 Å². The van der Waals surface area contributed by atoms with Gasteiger partial charge < -0.3 is 14.6 Å². The van der Waals surface area contributed by atoms with Crippen LogP contribution in [0.3, 0.4) is 0 Å². The van der Waals surface area contributed by atoms with Crippen molar-refractivity contribution in [2.45, 2.75) is 12.8 Å². The van der Waals surface area contributed by atoms with E-state index in [0.29, 0.717) is 23.1 Å². The molecule has 1 aliphatic rings. The fraction of sp³-hybridized carbons (Fsp3) is 0.294. The highest BCUT2D eigenvalue weighted by Crippen LogP contribution is 2.24. The zero-order valence-electron chi connectivity index (χ0n) is 13.5. The van der Waals surface area contributed by atoms with Gasteiger partial charge in [-0.1, -0.05) is 0 Å². The third kappa shape index (κ3) is 3.53. The van der Waals surface area contributed by atoms with Crippen molar-refractivity contribution in [2.24, 2.45) is 5.92 Å². The molecule has 3 aromatic rings. The number of thiazole rings is 1. The van der Waals surface area contributed by atoms with Gasteiger partial charge >= 0.3 is 0 Å². The minimum atomic E-state index is -0.0794. The number of piperidine rings is 1. The normalized spacial score (nSPS) is 17.4. The molecule has 7 nitrogen and oxygen atoms in total. The first-order chi connectivity index (χ1) is 12.3. The third-order valence-electron chi connectivity index (χ3n) is 4.20. The van der Waals surface area contributed by atoms with E-state index in [9.17, 15) is 4.79 Å². The SMILES string of the molecule is O=C(Nc1nccs1)[C@@H]1CCCN(c2ccc(-c3ccco3)nn2)C1. The quantitative estimate of drug-likeness (QED) is 0.774. The Balaban J connectivity index is 1.43. The minimum absolute atomic E-state index is 0.0137. The summed E-state index contributed by atoms with van der Waals surface area (Å²) in [5.74, 6) is 1.41. The van der Waals surface area contributed by atoms with Gasteiger partial charge in [0.25, 0.3) is 0 Å². The van der Waals surface area contributed by atoms with Crippen LogP contribution in [0.5, 0.6) is 0 Å². The summed E-state index contributed by atoms with van der Waals surface area (Å²) in [6, 6.07) is 7.48. The van der Waals surface area contributed by atoms with Crippen LogP contribution in [-0.2, 0) is 4.79 Å².